The van der Waals surface area contributed by atoms with Gasteiger partial charge < -0.3 is 0 Å². The van der Waals surface area contributed by atoms with Crippen molar-refractivity contribution in [2.75, 3.05) is 52.5 Å². The molecule has 16 heteroatoms. The van der Waals surface area contributed by atoms with Crippen LogP contribution in [0.25, 0.3) is 0 Å². The monoisotopic (exact) mass is 957 g/mol. The summed E-state index contributed by atoms with van der Waals surface area (Å²) in [6.45, 7) is 10.3. The molecular formula is C37H47As2N2O6S6-. The molecule has 53 heavy (non-hydrogen) atoms. The minimum atomic E-state index is -4.25. The Hall–Kier alpha value is -0.533. The summed E-state index contributed by atoms with van der Waals surface area (Å²) in [4.78, 5) is 2.30. The van der Waals surface area contributed by atoms with Gasteiger partial charge in [-0.3, -0.25) is 0 Å². The molecule has 0 atom stereocenters. The molecule has 0 N–H and O–H groups in total. The minimum absolute atomic E-state index is 0.261. The van der Waals surface area contributed by atoms with Gasteiger partial charge in [0.05, 0.1) is 0 Å². The maximum absolute atomic E-state index is 11.3. The average Bonchev–Trinajstić information content (AvgIpc) is 3.89. The zero-order valence-corrected chi connectivity index (χ0v) is 39.2. The fourth-order valence-corrected chi connectivity index (χ4v) is 36.7. The van der Waals surface area contributed by atoms with Crippen molar-refractivity contribution in [1.29, 1.82) is 0 Å². The topological polar surface area (TPSA) is 121 Å². The van der Waals surface area contributed by atoms with Crippen molar-refractivity contribution >= 4 is 111 Å². The average molecular weight is 958 g/mol. The van der Waals surface area contributed by atoms with Crippen LogP contribution in [0.1, 0.15) is 64.5 Å². The van der Waals surface area contributed by atoms with Gasteiger partial charge in [-0.1, -0.05) is 0 Å². The zero-order valence-electron chi connectivity index (χ0n) is 30.5. The van der Waals surface area contributed by atoms with Gasteiger partial charge >= 0.3 is 342 Å². The van der Waals surface area contributed by atoms with Gasteiger partial charge in [0.2, 0.25) is 0 Å². The molecule has 4 aliphatic rings. The predicted octanol–water partition coefficient (Wildman–Crippen LogP) is 5.86. The third kappa shape index (κ3) is 10.1. The zero-order chi connectivity index (χ0) is 38.0. The second-order valence-electron chi connectivity index (χ2n) is 14.4. The quantitative estimate of drug-likeness (QED) is 0.0703. The molecule has 2 aromatic rings. The Morgan fingerprint density at radius 2 is 1.30 bits per heavy atom. The van der Waals surface area contributed by atoms with Crippen molar-refractivity contribution in [2.45, 2.75) is 64.2 Å². The maximum atomic E-state index is 11.3. The first-order chi connectivity index (χ1) is 25.1. The van der Waals surface area contributed by atoms with Gasteiger partial charge in [-0.2, -0.15) is 0 Å². The van der Waals surface area contributed by atoms with Crippen LogP contribution >= 0.6 is 40.1 Å². The van der Waals surface area contributed by atoms with Crippen molar-refractivity contribution in [3.05, 3.63) is 83.6 Å². The Balaban J connectivity index is 1.27. The van der Waals surface area contributed by atoms with Crippen molar-refractivity contribution in [2.24, 2.45) is 0 Å². The molecule has 0 radical (unpaired) electrons. The van der Waals surface area contributed by atoms with E-state index in [-0.39, 0.29) is 22.3 Å². The second-order valence-corrected chi connectivity index (χ2v) is 41.0. The molecule has 0 unspecified atom stereocenters. The summed E-state index contributed by atoms with van der Waals surface area (Å²) in [6, 6.07) is 13.9. The van der Waals surface area contributed by atoms with E-state index in [2.05, 4.69) is 144 Å². The van der Waals surface area contributed by atoms with E-state index in [9.17, 15) is 25.9 Å². The third-order valence-electron chi connectivity index (χ3n) is 9.96. The molecule has 288 valence electrons. The summed E-state index contributed by atoms with van der Waals surface area (Å²) in [5, 5.41) is 0. The van der Waals surface area contributed by atoms with Crippen LogP contribution in [-0.4, -0.2) is 109 Å². The van der Waals surface area contributed by atoms with Crippen LogP contribution in [0.15, 0.2) is 72.5 Å². The van der Waals surface area contributed by atoms with Crippen molar-refractivity contribution < 1.29 is 30.5 Å². The van der Waals surface area contributed by atoms with Gasteiger partial charge in [0.15, 0.2) is 0 Å². The van der Waals surface area contributed by atoms with Gasteiger partial charge in [-0.15, -0.1) is 0 Å². The number of anilines is 1. The first-order valence-corrected chi connectivity index (χ1v) is 35.8. The second kappa shape index (κ2) is 17.5. The number of unbranched alkanes of at least 4 members (excludes halogenated alkanes) is 2. The van der Waals surface area contributed by atoms with Gasteiger partial charge in [0.1, 0.15) is 0 Å². The molecule has 4 aliphatic heterocycles. The molecule has 2 saturated heterocycles. The van der Waals surface area contributed by atoms with E-state index in [0.717, 1.165) is 22.8 Å². The van der Waals surface area contributed by atoms with Gasteiger partial charge in [0.25, 0.3) is 0 Å². The van der Waals surface area contributed by atoms with Crippen molar-refractivity contribution in [3.63, 3.8) is 0 Å². The first kappa shape index (κ1) is 42.1. The van der Waals surface area contributed by atoms with Crippen LogP contribution in [0.3, 0.4) is 0 Å². The van der Waals surface area contributed by atoms with Gasteiger partial charge in [0, 0.05) is 0 Å². The number of nitrogens with zero attached hydrogens (tertiary/aromatic N) is 2. The number of benzene rings is 2. The number of rotatable bonds is 15. The van der Waals surface area contributed by atoms with Gasteiger partial charge in [-0.05, 0) is 0 Å². The van der Waals surface area contributed by atoms with E-state index in [1.807, 2.05) is 0 Å². The van der Waals surface area contributed by atoms with E-state index < -0.39 is 44.9 Å². The summed E-state index contributed by atoms with van der Waals surface area (Å²) in [7, 11) is 0.0276. The van der Waals surface area contributed by atoms with Crippen LogP contribution in [0.4, 0.5) is 11.4 Å². The van der Waals surface area contributed by atoms with E-state index in [1.54, 1.807) is 0 Å². The Labute approximate surface area is 338 Å². The molecule has 2 fully saturated rings. The van der Waals surface area contributed by atoms with Crippen LogP contribution < -0.4 is 13.6 Å². The van der Waals surface area contributed by atoms with E-state index in [4.69, 9.17) is 0 Å². The Morgan fingerprint density at radius 3 is 1.91 bits per heavy atom. The molecule has 0 spiro atoms. The van der Waals surface area contributed by atoms with E-state index >= 15 is 0 Å². The molecule has 8 nitrogen and oxygen atoms in total. The number of hydrogen-bond acceptors (Lipinski definition) is 11. The van der Waals surface area contributed by atoms with Gasteiger partial charge in [-0.25, -0.2) is 0 Å². The van der Waals surface area contributed by atoms with E-state index in [1.165, 1.54) is 42.8 Å². The molecule has 0 amide bonds. The normalized spacial score (nSPS) is 21.2. The summed E-state index contributed by atoms with van der Waals surface area (Å²) in [5.74, 6) is 4.18. The fraction of sp³-hybridized carbons (Fsp3) is 0.486. The summed E-state index contributed by atoms with van der Waals surface area (Å²) < 4.78 is 73.1. The molecule has 0 aliphatic carbocycles. The number of allylic oxidation sites excluding steroid dienone is 6. The molecule has 0 saturated carbocycles. The third-order valence-corrected chi connectivity index (χ3v) is 38.9. The number of fused-ring (bicyclic) bond motifs is 2. The van der Waals surface area contributed by atoms with Crippen molar-refractivity contribution in [3.8, 4) is 0 Å². The van der Waals surface area contributed by atoms with Crippen LogP contribution in [0.2, 0.25) is 0 Å². The Bertz CT molecular complexity index is 2040. The van der Waals surface area contributed by atoms with Crippen molar-refractivity contribution in [1.82, 2.24) is 0 Å². The number of hydrogen-bond donors (Lipinski definition) is 0. The first-order valence-electron chi connectivity index (χ1n) is 17.8. The molecule has 6 rings (SSSR count). The van der Waals surface area contributed by atoms with E-state index in [0.29, 0.717) is 38.8 Å². The van der Waals surface area contributed by atoms with Crippen LogP contribution in [0.5, 0.6) is 0 Å². The standard InChI is InChI=1S/C37H48As2N2O6S6/c1-36(2)30-26-28(38-48-20-21-49-38)14-16-32(30)40(18-8-10-24-52(42,43)44)34(36)12-6-5-7-13-35-37(3,4)31-27-29(39-50-22-23-51-39)15-17-33(31)41(35)19-9-11-25-53(45,46)47/h5-7,12-17,26-27H,8-11,18-25H2,1-4H3,(H-,42,43,44,45,46,47)/p-1. The molecule has 4 heterocycles. The summed E-state index contributed by atoms with van der Waals surface area (Å²) in [5.41, 5.74) is 6.66. The molecule has 2 aromatic carbocycles. The predicted molar refractivity (Wildman–Crippen MR) is 231 cm³/mol. The molecule has 0 bridgehead atoms. The summed E-state index contributed by atoms with van der Waals surface area (Å²) >= 11 is -2.36. The SMILES string of the molecule is CC1(C)C(/C=C/C=C/C=C2/N(CCCCS(=O)(=O)[O-])c3ccc([As]4SCCS4)cc3C2(C)C)=[N+](CCCCS(=O)(=O)[O-])c2ccc([As]3SCCS3)cc21. The Kier molecular flexibility index (Phi) is 13.9. The Morgan fingerprint density at radius 1 is 0.736 bits per heavy atom. The fourth-order valence-electron chi connectivity index (χ4n) is 7.34. The summed E-state index contributed by atoms with van der Waals surface area (Å²) in [6.07, 6.45) is 12.4. The van der Waals surface area contributed by atoms with Crippen LogP contribution in [-0.2, 0) is 31.1 Å². The van der Waals surface area contributed by atoms with Crippen LogP contribution in [0, 0.1) is 0 Å². The molecule has 0 aromatic heterocycles. The molecular weight excluding hydrogens is 911 g/mol.